The number of nitrogens with one attached hydrogen (secondary N) is 1. The first-order valence-corrected chi connectivity index (χ1v) is 6.38. The zero-order valence-electron chi connectivity index (χ0n) is 10.9. The average Bonchev–Trinajstić information content (AvgIpc) is 2.37. The summed E-state index contributed by atoms with van der Waals surface area (Å²) < 4.78 is 0. The van der Waals surface area contributed by atoms with Gasteiger partial charge in [-0.25, -0.2) is 0 Å². The molecule has 0 fully saturated rings. The molecule has 1 unspecified atom stereocenters. The van der Waals surface area contributed by atoms with Crippen molar-refractivity contribution < 1.29 is 9.90 Å². The second-order valence-electron chi connectivity index (χ2n) is 4.47. The molecule has 4 nitrogen and oxygen atoms in total. The summed E-state index contributed by atoms with van der Waals surface area (Å²) in [6.07, 6.45) is 1.99. The summed E-state index contributed by atoms with van der Waals surface area (Å²) in [6.45, 7) is 2.84. The molecule has 0 saturated heterocycles. The van der Waals surface area contributed by atoms with E-state index in [1.807, 2.05) is 18.2 Å². The first-order chi connectivity index (χ1) is 8.67. The van der Waals surface area contributed by atoms with E-state index in [-0.39, 0.29) is 12.5 Å². The van der Waals surface area contributed by atoms with Crippen LogP contribution in [-0.4, -0.2) is 24.2 Å². The minimum absolute atomic E-state index is 0.0238. The maximum Gasteiger partial charge on any atom is 0.224 e. The van der Waals surface area contributed by atoms with Crippen molar-refractivity contribution in [2.75, 3.05) is 18.9 Å². The Morgan fingerprint density at radius 2 is 2.17 bits per heavy atom. The molecule has 0 spiro atoms. The van der Waals surface area contributed by atoms with Crippen molar-refractivity contribution in [3.8, 4) is 0 Å². The highest BCUT2D eigenvalue weighted by Crippen LogP contribution is 2.11. The van der Waals surface area contributed by atoms with E-state index in [0.29, 0.717) is 24.6 Å². The van der Waals surface area contributed by atoms with E-state index in [2.05, 4.69) is 12.2 Å². The molecule has 4 heteroatoms. The van der Waals surface area contributed by atoms with E-state index in [0.717, 1.165) is 18.4 Å². The van der Waals surface area contributed by atoms with Crippen LogP contribution in [0.15, 0.2) is 24.3 Å². The second kappa shape index (κ2) is 7.71. The van der Waals surface area contributed by atoms with Crippen LogP contribution in [-0.2, 0) is 11.2 Å². The van der Waals surface area contributed by atoms with Crippen LogP contribution in [0.3, 0.4) is 0 Å². The normalized spacial score (nSPS) is 12.1. The number of carbonyl (C=O) groups excluding carboxylic acids is 1. The van der Waals surface area contributed by atoms with Gasteiger partial charge < -0.3 is 16.2 Å². The molecular formula is C14H22N2O2. The number of nitrogens with two attached hydrogens (primary N) is 1. The smallest absolute Gasteiger partial charge is 0.224 e. The Hall–Kier alpha value is -1.55. The molecule has 0 heterocycles. The van der Waals surface area contributed by atoms with Crippen LogP contribution in [0.1, 0.15) is 25.3 Å². The van der Waals surface area contributed by atoms with Crippen LogP contribution in [0.2, 0.25) is 0 Å². The topological polar surface area (TPSA) is 75.3 Å². The molecule has 0 aliphatic carbocycles. The summed E-state index contributed by atoms with van der Waals surface area (Å²) in [5.74, 6) is 0.316. The number of hydrogen-bond acceptors (Lipinski definition) is 3. The molecule has 4 N–H and O–H groups in total. The van der Waals surface area contributed by atoms with Gasteiger partial charge in [0.25, 0.3) is 0 Å². The van der Waals surface area contributed by atoms with E-state index in [9.17, 15) is 4.79 Å². The first kappa shape index (κ1) is 14.5. The number of hydrogen-bond donors (Lipinski definition) is 3. The number of rotatable bonds is 7. The van der Waals surface area contributed by atoms with Gasteiger partial charge in [0.1, 0.15) is 0 Å². The fourth-order valence-corrected chi connectivity index (χ4v) is 1.82. The van der Waals surface area contributed by atoms with E-state index in [1.165, 1.54) is 0 Å². The summed E-state index contributed by atoms with van der Waals surface area (Å²) in [7, 11) is 0. The number of para-hydroxylation sites is 1. The van der Waals surface area contributed by atoms with Crippen molar-refractivity contribution in [3.63, 3.8) is 0 Å². The van der Waals surface area contributed by atoms with Crippen LogP contribution in [0.4, 0.5) is 5.69 Å². The van der Waals surface area contributed by atoms with Gasteiger partial charge in [-0.2, -0.15) is 0 Å². The van der Waals surface area contributed by atoms with Crippen molar-refractivity contribution >= 4 is 11.6 Å². The third-order valence-electron chi connectivity index (χ3n) is 3.11. The summed E-state index contributed by atoms with van der Waals surface area (Å²) in [5, 5.41) is 11.8. The highest BCUT2D eigenvalue weighted by molar-refractivity contribution is 5.80. The van der Waals surface area contributed by atoms with Crippen molar-refractivity contribution in [1.82, 2.24) is 5.32 Å². The van der Waals surface area contributed by atoms with Gasteiger partial charge in [-0.1, -0.05) is 31.5 Å². The predicted molar refractivity (Wildman–Crippen MR) is 73.1 cm³/mol. The molecule has 1 aromatic carbocycles. The number of benzene rings is 1. The molecule has 0 aliphatic rings. The van der Waals surface area contributed by atoms with Crippen LogP contribution in [0.5, 0.6) is 0 Å². The third-order valence-corrected chi connectivity index (χ3v) is 3.11. The lowest BCUT2D eigenvalue weighted by Crippen LogP contribution is -2.30. The Labute approximate surface area is 108 Å². The van der Waals surface area contributed by atoms with Gasteiger partial charge in [-0.05, 0) is 24.0 Å². The summed E-state index contributed by atoms with van der Waals surface area (Å²) in [6, 6.07) is 7.38. The lowest BCUT2D eigenvalue weighted by atomic mass is 10.0. The lowest BCUT2D eigenvalue weighted by molar-refractivity contribution is -0.120. The van der Waals surface area contributed by atoms with Gasteiger partial charge in [0.05, 0.1) is 6.42 Å². The van der Waals surface area contributed by atoms with Gasteiger partial charge >= 0.3 is 0 Å². The molecule has 1 rings (SSSR count). The van der Waals surface area contributed by atoms with Gasteiger partial charge in [0.2, 0.25) is 5.91 Å². The second-order valence-corrected chi connectivity index (χ2v) is 4.47. The average molecular weight is 250 g/mol. The fraction of sp³-hybridized carbons (Fsp3) is 0.500. The van der Waals surface area contributed by atoms with Crippen molar-refractivity contribution in [3.05, 3.63) is 29.8 Å². The summed E-state index contributed by atoms with van der Waals surface area (Å²) in [4.78, 5) is 11.8. The molecule has 0 bridgehead atoms. The summed E-state index contributed by atoms with van der Waals surface area (Å²) in [5.41, 5.74) is 7.29. The first-order valence-electron chi connectivity index (χ1n) is 6.38. The summed E-state index contributed by atoms with van der Waals surface area (Å²) >= 11 is 0. The van der Waals surface area contributed by atoms with Crippen LogP contribution >= 0.6 is 0 Å². The van der Waals surface area contributed by atoms with E-state index >= 15 is 0 Å². The minimum atomic E-state index is -0.0238. The zero-order valence-corrected chi connectivity index (χ0v) is 10.9. The van der Waals surface area contributed by atoms with Gasteiger partial charge in [-0.15, -0.1) is 0 Å². The van der Waals surface area contributed by atoms with Crippen molar-refractivity contribution in [1.29, 1.82) is 0 Å². The molecule has 0 saturated carbocycles. The maximum absolute atomic E-state index is 11.8. The Morgan fingerprint density at radius 3 is 2.78 bits per heavy atom. The molecule has 0 aromatic heterocycles. The number of aliphatic hydroxyl groups is 1. The number of amides is 1. The molecule has 1 aromatic rings. The molecule has 0 radical (unpaired) electrons. The van der Waals surface area contributed by atoms with Gasteiger partial charge in [0, 0.05) is 18.8 Å². The number of anilines is 1. The van der Waals surface area contributed by atoms with Gasteiger partial charge in [0.15, 0.2) is 0 Å². The molecule has 0 aliphatic heterocycles. The quantitative estimate of drug-likeness (QED) is 0.639. The zero-order chi connectivity index (χ0) is 13.4. The molecule has 1 amide bonds. The predicted octanol–water partition coefficient (Wildman–Crippen LogP) is 1.34. The molecule has 1 atom stereocenters. The Morgan fingerprint density at radius 1 is 1.44 bits per heavy atom. The Bertz CT molecular complexity index is 380. The maximum atomic E-state index is 11.8. The Balaban J connectivity index is 2.40. The standard InChI is InChI=1S/C14H22N2O2/c1-2-11(7-8-17)10-16-14(18)9-12-5-3-4-6-13(12)15/h3-6,11,17H,2,7-10,15H2,1H3,(H,16,18). The number of nitrogen functional groups attached to an aromatic ring is 1. The van der Waals surface area contributed by atoms with Crippen LogP contribution in [0.25, 0.3) is 0 Å². The highest BCUT2D eigenvalue weighted by atomic mass is 16.3. The number of carbonyl (C=O) groups is 1. The van der Waals surface area contributed by atoms with Crippen molar-refractivity contribution in [2.45, 2.75) is 26.2 Å². The highest BCUT2D eigenvalue weighted by Gasteiger charge is 2.09. The van der Waals surface area contributed by atoms with Crippen LogP contribution < -0.4 is 11.1 Å². The third kappa shape index (κ3) is 4.75. The largest absolute Gasteiger partial charge is 0.398 e. The van der Waals surface area contributed by atoms with E-state index in [4.69, 9.17) is 10.8 Å². The van der Waals surface area contributed by atoms with Crippen molar-refractivity contribution in [2.24, 2.45) is 5.92 Å². The Kier molecular flexibility index (Phi) is 6.22. The lowest BCUT2D eigenvalue weighted by Gasteiger charge is -2.14. The molecule has 100 valence electrons. The monoisotopic (exact) mass is 250 g/mol. The molecule has 18 heavy (non-hydrogen) atoms. The minimum Gasteiger partial charge on any atom is -0.398 e. The fourth-order valence-electron chi connectivity index (χ4n) is 1.82. The van der Waals surface area contributed by atoms with E-state index in [1.54, 1.807) is 6.07 Å². The van der Waals surface area contributed by atoms with Crippen LogP contribution in [0, 0.1) is 5.92 Å². The molecular weight excluding hydrogens is 228 g/mol. The van der Waals surface area contributed by atoms with E-state index < -0.39 is 0 Å². The SMILES string of the molecule is CCC(CCO)CNC(=O)Cc1ccccc1N. The number of aliphatic hydroxyl groups excluding tert-OH is 1. The van der Waals surface area contributed by atoms with Gasteiger partial charge in [-0.3, -0.25) is 4.79 Å².